The number of rotatable bonds is 4. The van der Waals surface area contributed by atoms with Crippen molar-refractivity contribution in [1.82, 2.24) is 24.4 Å². The van der Waals surface area contributed by atoms with Crippen LogP contribution in [0.5, 0.6) is 0 Å². The number of pyridine rings is 2. The molecule has 1 fully saturated rings. The summed E-state index contributed by atoms with van der Waals surface area (Å²) in [5.74, 6) is 1.49. The molecule has 28 heavy (non-hydrogen) atoms. The Hall–Kier alpha value is -2.99. The first-order valence-electron chi connectivity index (χ1n) is 9.75. The minimum absolute atomic E-state index is 0.461. The average molecular weight is 373 g/mol. The number of piperidine rings is 1. The molecule has 142 valence electrons. The zero-order chi connectivity index (χ0) is 18.9. The van der Waals surface area contributed by atoms with Gasteiger partial charge in [0.15, 0.2) is 0 Å². The summed E-state index contributed by atoms with van der Waals surface area (Å²) >= 11 is 0. The lowest BCUT2D eigenvalue weighted by Crippen LogP contribution is -2.32. The molecule has 4 aromatic rings. The van der Waals surface area contributed by atoms with Crippen LogP contribution in [0.3, 0.4) is 0 Å². The van der Waals surface area contributed by atoms with Crippen LogP contribution in [0.1, 0.15) is 30.2 Å². The molecule has 0 spiro atoms. The van der Waals surface area contributed by atoms with Gasteiger partial charge < -0.3 is 8.98 Å². The van der Waals surface area contributed by atoms with Crippen LogP contribution in [0.4, 0.5) is 0 Å². The fourth-order valence-electron chi connectivity index (χ4n) is 4.07. The molecule has 6 nitrogen and oxygen atoms in total. The second kappa shape index (κ2) is 7.20. The van der Waals surface area contributed by atoms with E-state index in [0.717, 1.165) is 66.2 Å². The summed E-state index contributed by atoms with van der Waals surface area (Å²) in [6.07, 6.45) is 9.47. The second-order valence-corrected chi connectivity index (χ2v) is 7.49. The molecule has 0 amide bonds. The van der Waals surface area contributed by atoms with Gasteiger partial charge in [0.25, 0.3) is 0 Å². The maximum absolute atomic E-state index is 5.50. The fourth-order valence-corrected chi connectivity index (χ4v) is 4.07. The number of aryl methyl sites for hydroxylation is 1. The van der Waals surface area contributed by atoms with Crippen molar-refractivity contribution in [2.45, 2.75) is 25.3 Å². The Labute approximate surface area is 163 Å². The molecule has 1 aliphatic rings. The summed E-state index contributed by atoms with van der Waals surface area (Å²) in [5.41, 5.74) is 5.17. The lowest BCUT2D eigenvalue weighted by molar-refractivity contribution is 0.190. The predicted octanol–water partition coefficient (Wildman–Crippen LogP) is 4.00. The van der Waals surface area contributed by atoms with Crippen LogP contribution in [0, 0.1) is 0 Å². The highest BCUT2D eigenvalue weighted by Gasteiger charge is 2.24. The first-order valence-corrected chi connectivity index (χ1v) is 9.75. The van der Waals surface area contributed by atoms with Crippen molar-refractivity contribution >= 4 is 11.0 Å². The van der Waals surface area contributed by atoms with Gasteiger partial charge in [0.1, 0.15) is 11.3 Å². The molecule has 1 aliphatic heterocycles. The molecule has 0 N–H and O–H groups in total. The predicted molar refractivity (Wildman–Crippen MR) is 108 cm³/mol. The van der Waals surface area contributed by atoms with Gasteiger partial charge in [0, 0.05) is 36.6 Å². The standard InChI is InChI=1S/C22H23N5O/c1-26-15-24-22-20(26)12-19(25-21(22)17-4-2-8-23-13-17)16-6-9-27(10-7-16)14-18-5-3-11-28-18/h2-5,8,11-13,15-16H,6-7,9-10,14H2,1H3. The fraction of sp³-hybridized carbons (Fsp3) is 0.318. The van der Waals surface area contributed by atoms with Crippen LogP contribution in [0.25, 0.3) is 22.3 Å². The van der Waals surface area contributed by atoms with Crippen LogP contribution in [-0.2, 0) is 13.6 Å². The molecule has 5 rings (SSSR count). The van der Waals surface area contributed by atoms with Crippen molar-refractivity contribution < 1.29 is 4.42 Å². The third kappa shape index (κ3) is 3.20. The lowest BCUT2D eigenvalue weighted by Gasteiger charge is -2.31. The van der Waals surface area contributed by atoms with E-state index in [9.17, 15) is 0 Å². The normalized spacial score (nSPS) is 16.0. The topological polar surface area (TPSA) is 60.0 Å². The highest BCUT2D eigenvalue weighted by molar-refractivity contribution is 5.89. The largest absolute Gasteiger partial charge is 0.468 e. The highest BCUT2D eigenvalue weighted by Crippen LogP contribution is 2.33. The monoisotopic (exact) mass is 373 g/mol. The summed E-state index contributed by atoms with van der Waals surface area (Å²) in [7, 11) is 2.04. The maximum Gasteiger partial charge on any atom is 0.117 e. The van der Waals surface area contributed by atoms with E-state index in [2.05, 4.69) is 31.6 Å². The van der Waals surface area contributed by atoms with E-state index in [1.165, 1.54) is 0 Å². The Morgan fingerprint density at radius 3 is 2.82 bits per heavy atom. The van der Waals surface area contributed by atoms with Gasteiger partial charge in [-0.25, -0.2) is 4.98 Å². The highest BCUT2D eigenvalue weighted by atomic mass is 16.3. The SMILES string of the molecule is Cn1cnc2c(-c3cccnc3)nc(C3CCN(Cc4ccco4)CC3)cc21. The Bertz CT molecular complexity index is 1060. The van der Waals surface area contributed by atoms with Crippen LogP contribution >= 0.6 is 0 Å². The summed E-state index contributed by atoms with van der Waals surface area (Å²) in [6.45, 7) is 2.99. The average Bonchev–Trinajstić information content (AvgIpc) is 3.39. The molecular weight excluding hydrogens is 350 g/mol. The van der Waals surface area contributed by atoms with E-state index in [1.54, 1.807) is 12.5 Å². The third-order valence-electron chi connectivity index (χ3n) is 5.63. The van der Waals surface area contributed by atoms with Crippen molar-refractivity contribution in [3.05, 3.63) is 66.8 Å². The molecule has 0 bridgehead atoms. The Morgan fingerprint density at radius 2 is 2.07 bits per heavy atom. The summed E-state index contributed by atoms with van der Waals surface area (Å²) in [4.78, 5) is 16.4. The molecule has 0 saturated carbocycles. The minimum atomic E-state index is 0.461. The quantitative estimate of drug-likeness (QED) is 0.541. The summed E-state index contributed by atoms with van der Waals surface area (Å²) < 4.78 is 7.57. The molecule has 5 heterocycles. The third-order valence-corrected chi connectivity index (χ3v) is 5.63. The lowest BCUT2D eigenvalue weighted by atomic mass is 9.92. The van der Waals surface area contributed by atoms with Crippen LogP contribution in [0.15, 0.2) is 59.7 Å². The molecule has 0 aromatic carbocycles. The molecule has 0 radical (unpaired) electrons. The molecule has 0 unspecified atom stereocenters. The van der Waals surface area contributed by atoms with Crippen molar-refractivity contribution in [2.75, 3.05) is 13.1 Å². The van der Waals surface area contributed by atoms with Gasteiger partial charge in [-0.15, -0.1) is 0 Å². The number of nitrogens with zero attached hydrogens (tertiary/aromatic N) is 5. The Kier molecular flexibility index (Phi) is 4.41. The summed E-state index contributed by atoms with van der Waals surface area (Å²) in [6, 6.07) is 10.2. The number of furan rings is 1. The first-order chi connectivity index (χ1) is 13.8. The second-order valence-electron chi connectivity index (χ2n) is 7.49. The van der Waals surface area contributed by atoms with Gasteiger partial charge in [0.05, 0.1) is 30.3 Å². The smallest absolute Gasteiger partial charge is 0.117 e. The number of hydrogen-bond donors (Lipinski definition) is 0. The molecule has 1 saturated heterocycles. The van der Waals surface area contributed by atoms with Gasteiger partial charge in [-0.3, -0.25) is 14.9 Å². The zero-order valence-electron chi connectivity index (χ0n) is 16.0. The molecule has 6 heteroatoms. The van der Waals surface area contributed by atoms with E-state index >= 15 is 0 Å². The number of fused-ring (bicyclic) bond motifs is 1. The van der Waals surface area contributed by atoms with Gasteiger partial charge >= 0.3 is 0 Å². The summed E-state index contributed by atoms with van der Waals surface area (Å²) in [5, 5.41) is 0. The molecule has 0 atom stereocenters. The van der Waals surface area contributed by atoms with Crippen molar-refractivity contribution in [3.8, 4) is 11.3 Å². The van der Waals surface area contributed by atoms with Gasteiger partial charge in [-0.05, 0) is 56.3 Å². The molecule has 0 aliphatic carbocycles. The van der Waals surface area contributed by atoms with Gasteiger partial charge in [-0.2, -0.15) is 0 Å². The number of imidazole rings is 1. The zero-order valence-corrected chi connectivity index (χ0v) is 16.0. The van der Waals surface area contributed by atoms with E-state index in [-0.39, 0.29) is 0 Å². The van der Waals surface area contributed by atoms with E-state index in [0.29, 0.717) is 5.92 Å². The Morgan fingerprint density at radius 1 is 1.18 bits per heavy atom. The van der Waals surface area contributed by atoms with Crippen LogP contribution in [0.2, 0.25) is 0 Å². The molecule has 4 aromatic heterocycles. The van der Waals surface area contributed by atoms with Crippen molar-refractivity contribution in [2.24, 2.45) is 7.05 Å². The van der Waals surface area contributed by atoms with Crippen LogP contribution in [-0.4, -0.2) is 37.5 Å². The first kappa shape index (κ1) is 17.1. The number of hydrogen-bond acceptors (Lipinski definition) is 5. The van der Waals surface area contributed by atoms with E-state index in [1.807, 2.05) is 37.8 Å². The van der Waals surface area contributed by atoms with Crippen molar-refractivity contribution in [3.63, 3.8) is 0 Å². The van der Waals surface area contributed by atoms with E-state index < -0.39 is 0 Å². The van der Waals surface area contributed by atoms with Gasteiger partial charge in [-0.1, -0.05) is 0 Å². The number of aromatic nitrogens is 4. The molecular formula is C22H23N5O. The maximum atomic E-state index is 5.50. The van der Waals surface area contributed by atoms with Crippen molar-refractivity contribution in [1.29, 1.82) is 0 Å². The van der Waals surface area contributed by atoms with E-state index in [4.69, 9.17) is 9.40 Å². The minimum Gasteiger partial charge on any atom is -0.468 e. The number of likely N-dealkylation sites (tertiary alicyclic amines) is 1. The van der Waals surface area contributed by atoms with Gasteiger partial charge in [0.2, 0.25) is 0 Å². The van der Waals surface area contributed by atoms with Crippen LogP contribution < -0.4 is 0 Å². The Balaban J connectivity index is 1.43.